The molecule has 1 aromatic heterocycles. The summed E-state index contributed by atoms with van der Waals surface area (Å²) < 4.78 is 33.5. The molecule has 0 fully saturated rings. The highest BCUT2D eigenvalue weighted by molar-refractivity contribution is 6.33. The van der Waals surface area contributed by atoms with Crippen molar-refractivity contribution in [2.75, 3.05) is 0 Å². The fourth-order valence-electron chi connectivity index (χ4n) is 2.15. The zero-order chi connectivity index (χ0) is 15.1. The largest absolute Gasteiger partial charge is 0.421 e. The molecular weight excluding hydrogens is 321 g/mol. The number of rotatable bonds is 2. The Bertz CT molecular complexity index is 758. The number of aromatic nitrogens is 2. The second-order valence-corrected chi connectivity index (χ2v) is 5.40. The summed E-state index contributed by atoms with van der Waals surface area (Å²) in [4.78, 5) is 7.50. The van der Waals surface area contributed by atoms with Crippen molar-refractivity contribution in [2.24, 2.45) is 0 Å². The number of benzene rings is 1. The van der Waals surface area contributed by atoms with Gasteiger partial charge >= 0.3 is 6.01 Å². The van der Waals surface area contributed by atoms with E-state index in [0.29, 0.717) is 12.0 Å². The summed E-state index contributed by atoms with van der Waals surface area (Å²) in [6, 6.07) is 2.03. The summed E-state index contributed by atoms with van der Waals surface area (Å²) in [6.45, 7) is 1.80. The molecule has 0 saturated heterocycles. The van der Waals surface area contributed by atoms with Gasteiger partial charge in [0.1, 0.15) is 16.1 Å². The summed E-state index contributed by atoms with van der Waals surface area (Å²) in [5.41, 5.74) is 1.39. The van der Waals surface area contributed by atoms with Crippen LogP contribution in [0.4, 0.5) is 8.78 Å². The lowest BCUT2D eigenvalue weighted by atomic mass is 10.1. The molecule has 0 saturated carbocycles. The molecule has 0 bridgehead atoms. The Balaban J connectivity index is 2.04. The average molecular weight is 329 g/mol. The molecule has 108 valence electrons. The molecule has 0 atom stereocenters. The standard InChI is InChI=1S/C14H8Cl2F2N2O/c1-6-2-7-8(3-6)13(18)10(4-9(7)17)21-14-19-11(15)5-12(16)20-14/h3-5H,2H2,1H3. The maximum absolute atomic E-state index is 14.4. The topological polar surface area (TPSA) is 35.0 Å². The summed E-state index contributed by atoms with van der Waals surface area (Å²) >= 11 is 11.4. The first-order valence-corrected chi connectivity index (χ1v) is 6.75. The highest BCUT2D eigenvalue weighted by Gasteiger charge is 2.23. The molecule has 0 aliphatic heterocycles. The van der Waals surface area contributed by atoms with E-state index in [0.717, 1.165) is 11.6 Å². The third-order valence-corrected chi connectivity index (χ3v) is 3.40. The molecule has 0 unspecified atom stereocenters. The van der Waals surface area contributed by atoms with Crippen molar-refractivity contribution in [1.29, 1.82) is 0 Å². The van der Waals surface area contributed by atoms with Crippen LogP contribution in [0.2, 0.25) is 10.3 Å². The number of hydrogen-bond acceptors (Lipinski definition) is 3. The van der Waals surface area contributed by atoms with Crippen LogP contribution in [0.1, 0.15) is 18.1 Å². The Morgan fingerprint density at radius 1 is 1.14 bits per heavy atom. The lowest BCUT2D eigenvalue weighted by Gasteiger charge is -2.09. The summed E-state index contributed by atoms with van der Waals surface area (Å²) in [7, 11) is 0. The first-order chi connectivity index (χ1) is 9.94. The van der Waals surface area contributed by atoms with Gasteiger partial charge in [-0.2, -0.15) is 9.97 Å². The molecule has 0 N–H and O–H groups in total. The summed E-state index contributed by atoms with van der Waals surface area (Å²) in [6.07, 6.45) is 1.98. The SMILES string of the molecule is CC1=Cc2c(F)c(Oc3nc(Cl)cc(Cl)n3)cc(F)c2C1. The van der Waals surface area contributed by atoms with E-state index in [1.54, 1.807) is 13.0 Å². The van der Waals surface area contributed by atoms with Gasteiger partial charge < -0.3 is 4.74 Å². The summed E-state index contributed by atoms with van der Waals surface area (Å²) in [5.74, 6) is -1.51. The molecular formula is C14H8Cl2F2N2O. The van der Waals surface area contributed by atoms with Crippen LogP contribution in [0.3, 0.4) is 0 Å². The molecule has 0 amide bonds. The minimum absolute atomic E-state index is 0.0442. The van der Waals surface area contributed by atoms with E-state index in [9.17, 15) is 8.78 Å². The smallest absolute Gasteiger partial charge is 0.324 e. The van der Waals surface area contributed by atoms with Gasteiger partial charge in [-0.05, 0) is 13.3 Å². The van der Waals surface area contributed by atoms with Crippen LogP contribution >= 0.6 is 23.2 Å². The van der Waals surface area contributed by atoms with Crippen molar-refractivity contribution in [1.82, 2.24) is 9.97 Å². The molecule has 21 heavy (non-hydrogen) atoms. The lowest BCUT2D eigenvalue weighted by Crippen LogP contribution is -2.00. The van der Waals surface area contributed by atoms with E-state index in [-0.39, 0.29) is 27.6 Å². The predicted octanol–water partition coefficient (Wildman–Crippen LogP) is 4.81. The molecule has 0 spiro atoms. The van der Waals surface area contributed by atoms with Gasteiger partial charge in [-0.15, -0.1) is 0 Å². The van der Waals surface area contributed by atoms with Crippen molar-refractivity contribution < 1.29 is 13.5 Å². The summed E-state index contributed by atoms with van der Waals surface area (Å²) in [5, 5.41) is 0.0885. The molecule has 7 heteroatoms. The average Bonchev–Trinajstić information content (AvgIpc) is 2.77. The van der Waals surface area contributed by atoms with E-state index in [4.69, 9.17) is 27.9 Å². The normalized spacial score (nSPS) is 13.1. The number of halogens is 4. The van der Waals surface area contributed by atoms with Crippen LogP contribution < -0.4 is 4.74 Å². The molecule has 3 rings (SSSR count). The quantitative estimate of drug-likeness (QED) is 0.742. The van der Waals surface area contributed by atoms with Crippen LogP contribution in [-0.2, 0) is 6.42 Å². The van der Waals surface area contributed by atoms with Crippen LogP contribution in [-0.4, -0.2) is 9.97 Å². The van der Waals surface area contributed by atoms with Gasteiger partial charge in [-0.3, -0.25) is 0 Å². The van der Waals surface area contributed by atoms with Crippen molar-refractivity contribution in [2.45, 2.75) is 13.3 Å². The van der Waals surface area contributed by atoms with Crippen LogP contribution in [0, 0.1) is 11.6 Å². The number of fused-ring (bicyclic) bond motifs is 1. The second kappa shape index (κ2) is 5.24. The lowest BCUT2D eigenvalue weighted by molar-refractivity contribution is 0.405. The molecule has 3 nitrogen and oxygen atoms in total. The van der Waals surface area contributed by atoms with Crippen LogP contribution in [0.15, 0.2) is 17.7 Å². The van der Waals surface area contributed by atoms with Gasteiger partial charge in [0.25, 0.3) is 0 Å². The van der Waals surface area contributed by atoms with E-state index in [1.807, 2.05) is 0 Å². The van der Waals surface area contributed by atoms with Gasteiger partial charge in [0, 0.05) is 23.3 Å². The molecule has 1 aliphatic rings. The van der Waals surface area contributed by atoms with Crippen molar-refractivity contribution in [3.05, 3.63) is 50.8 Å². The van der Waals surface area contributed by atoms with Gasteiger partial charge in [0.15, 0.2) is 11.6 Å². The van der Waals surface area contributed by atoms with Crippen LogP contribution in [0.5, 0.6) is 11.8 Å². The fourth-order valence-corrected chi connectivity index (χ4v) is 2.56. The first kappa shape index (κ1) is 14.2. The third kappa shape index (κ3) is 2.71. The highest BCUT2D eigenvalue weighted by atomic mass is 35.5. The van der Waals surface area contributed by atoms with Crippen molar-refractivity contribution in [3.8, 4) is 11.8 Å². The minimum Gasteiger partial charge on any atom is -0.421 e. The molecule has 1 aliphatic carbocycles. The maximum atomic E-state index is 14.4. The Morgan fingerprint density at radius 2 is 1.81 bits per heavy atom. The van der Waals surface area contributed by atoms with E-state index in [2.05, 4.69) is 9.97 Å². The first-order valence-electron chi connectivity index (χ1n) is 6.00. The highest BCUT2D eigenvalue weighted by Crippen LogP contribution is 2.35. The van der Waals surface area contributed by atoms with Crippen molar-refractivity contribution >= 4 is 29.3 Å². The van der Waals surface area contributed by atoms with E-state index >= 15 is 0 Å². The molecule has 1 heterocycles. The Hall–Kier alpha value is -1.72. The van der Waals surface area contributed by atoms with E-state index < -0.39 is 11.6 Å². The maximum Gasteiger partial charge on any atom is 0.324 e. The zero-order valence-corrected chi connectivity index (χ0v) is 12.3. The Kier molecular flexibility index (Phi) is 3.55. The minimum atomic E-state index is -0.664. The van der Waals surface area contributed by atoms with Gasteiger partial charge in [0.05, 0.1) is 0 Å². The third-order valence-electron chi connectivity index (χ3n) is 3.01. The van der Waals surface area contributed by atoms with E-state index in [1.165, 1.54) is 6.07 Å². The number of allylic oxidation sites excluding steroid dienone is 1. The molecule has 0 radical (unpaired) electrons. The number of ether oxygens (including phenoxy) is 1. The Morgan fingerprint density at radius 3 is 2.48 bits per heavy atom. The number of nitrogens with zero attached hydrogens (tertiary/aromatic N) is 2. The molecule has 2 aromatic rings. The van der Waals surface area contributed by atoms with Crippen LogP contribution in [0.25, 0.3) is 6.08 Å². The molecule has 1 aromatic carbocycles. The van der Waals surface area contributed by atoms with Gasteiger partial charge in [-0.25, -0.2) is 8.78 Å². The van der Waals surface area contributed by atoms with Gasteiger partial charge in [0.2, 0.25) is 0 Å². The zero-order valence-electron chi connectivity index (χ0n) is 10.8. The van der Waals surface area contributed by atoms with Crippen molar-refractivity contribution in [3.63, 3.8) is 0 Å². The fraction of sp³-hybridized carbons (Fsp3) is 0.143. The predicted molar refractivity (Wildman–Crippen MR) is 75.8 cm³/mol. The van der Waals surface area contributed by atoms with Gasteiger partial charge in [-0.1, -0.05) is 34.9 Å². The second-order valence-electron chi connectivity index (χ2n) is 4.63. The number of hydrogen-bond donors (Lipinski definition) is 0. The monoisotopic (exact) mass is 328 g/mol. The Labute approximate surface area is 129 Å².